The fourth-order valence-corrected chi connectivity index (χ4v) is 2.21. The minimum Gasteiger partial charge on any atom is -0.457 e. The lowest BCUT2D eigenvalue weighted by atomic mass is 10.2. The Morgan fingerprint density at radius 2 is 1.83 bits per heavy atom. The molecule has 0 bridgehead atoms. The lowest BCUT2D eigenvalue weighted by Crippen LogP contribution is -1.97. The van der Waals surface area contributed by atoms with Crippen LogP contribution in [-0.2, 0) is 6.54 Å². The van der Waals surface area contributed by atoms with E-state index in [9.17, 15) is 0 Å². The van der Waals surface area contributed by atoms with Crippen molar-refractivity contribution in [3.05, 3.63) is 57.0 Å². The van der Waals surface area contributed by atoms with Crippen LogP contribution < -0.4 is 10.5 Å². The highest BCUT2D eigenvalue weighted by Gasteiger charge is 2.03. The summed E-state index contributed by atoms with van der Waals surface area (Å²) in [5.41, 5.74) is 7.65. The highest BCUT2D eigenvalue weighted by Crippen LogP contribution is 2.29. The van der Waals surface area contributed by atoms with E-state index in [1.54, 1.807) is 0 Å². The summed E-state index contributed by atoms with van der Waals surface area (Å²) in [6, 6.07) is 11.3. The molecule has 2 aromatic rings. The van der Waals surface area contributed by atoms with Gasteiger partial charge in [-0.2, -0.15) is 0 Å². The SMILES string of the molecule is Cc1cc(Oc2ccc(CN)c(Br)c2)ccc1Cl. The molecule has 0 spiro atoms. The molecule has 2 N–H and O–H groups in total. The second kappa shape index (κ2) is 5.74. The zero-order chi connectivity index (χ0) is 13.1. The number of rotatable bonds is 3. The van der Waals surface area contributed by atoms with Crippen molar-refractivity contribution in [2.75, 3.05) is 0 Å². The largest absolute Gasteiger partial charge is 0.457 e. The molecule has 2 nitrogen and oxygen atoms in total. The van der Waals surface area contributed by atoms with E-state index in [0.29, 0.717) is 6.54 Å². The van der Waals surface area contributed by atoms with Gasteiger partial charge in [0.2, 0.25) is 0 Å². The van der Waals surface area contributed by atoms with Crippen molar-refractivity contribution in [2.45, 2.75) is 13.5 Å². The second-order valence-electron chi connectivity index (χ2n) is 3.97. The third-order valence-electron chi connectivity index (χ3n) is 2.61. The van der Waals surface area contributed by atoms with Gasteiger partial charge in [0.1, 0.15) is 11.5 Å². The number of hydrogen-bond donors (Lipinski definition) is 1. The molecule has 0 unspecified atom stereocenters. The van der Waals surface area contributed by atoms with Crippen LogP contribution >= 0.6 is 27.5 Å². The highest BCUT2D eigenvalue weighted by atomic mass is 79.9. The van der Waals surface area contributed by atoms with Crippen LogP contribution in [0.4, 0.5) is 0 Å². The van der Waals surface area contributed by atoms with E-state index >= 15 is 0 Å². The van der Waals surface area contributed by atoms with Gasteiger partial charge < -0.3 is 10.5 Å². The van der Waals surface area contributed by atoms with Crippen LogP contribution in [0.25, 0.3) is 0 Å². The van der Waals surface area contributed by atoms with Gasteiger partial charge in [-0.3, -0.25) is 0 Å². The Labute approximate surface area is 120 Å². The number of aryl methyl sites for hydroxylation is 1. The zero-order valence-electron chi connectivity index (χ0n) is 9.91. The fourth-order valence-electron chi connectivity index (χ4n) is 1.57. The molecule has 0 fully saturated rings. The predicted molar refractivity (Wildman–Crippen MR) is 78.3 cm³/mol. The van der Waals surface area contributed by atoms with Gasteiger partial charge in [0, 0.05) is 16.0 Å². The van der Waals surface area contributed by atoms with Crippen LogP contribution in [-0.4, -0.2) is 0 Å². The van der Waals surface area contributed by atoms with Gasteiger partial charge in [-0.15, -0.1) is 0 Å². The van der Waals surface area contributed by atoms with Crippen molar-refractivity contribution < 1.29 is 4.74 Å². The molecule has 0 aliphatic rings. The Morgan fingerprint density at radius 1 is 1.17 bits per heavy atom. The molecule has 0 heterocycles. The van der Waals surface area contributed by atoms with Crippen LogP contribution in [0.5, 0.6) is 11.5 Å². The molecule has 0 amide bonds. The van der Waals surface area contributed by atoms with Gasteiger partial charge in [-0.25, -0.2) is 0 Å². The molecule has 18 heavy (non-hydrogen) atoms. The first-order valence-corrected chi connectivity index (χ1v) is 6.70. The van der Waals surface area contributed by atoms with E-state index in [4.69, 9.17) is 22.1 Å². The number of ether oxygens (including phenoxy) is 1. The fraction of sp³-hybridized carbons (Fsp3) is 0.143. The first kappa shape index (κ1) is 13.4. The van der Waals surface area contributed by atoms with Gasteiger partial charge in [-0.05, 0) is 48.4 Å². The van der Waals surface area contributed by atoms with E-state index in [0.717, 1.165) is 32.1 Å². The summed E-state index contributed by atoms with van der Waals surface area (Å²) in [4.78, 5) is 0. The highest BCUT2D eigenvalue weighted by molar-refractivity contribution is 9.10. The maximum absolute atomic E-state index is 5.97. The third kappa shape index (κ3) is 3.05. The van der Waals surface area contributed by atoms with Gasteiger partial charge in [0.15, 0.2) is 0 Å². The standard InChI is InChI=1S/C14H13BrClNO/c1-9-6-11(4-5-14(9)16)18-12-3-2-10(8-17)13(15)7-12/h2-7H,8,17H2,1H3. The number of benzene rings is 2. The minimum atomic E-state index is 0.501. The van der Waals surface area contributed by atoms with Crippen LogP contribution in [0.15, 0.2) is 40.9 Å². The average molecular weight is 327 g/mol. The van der Waals surface area contributed by atoms with E-state index in [-0.39, 0.29) is 0 Å². The second-order valence-corrected chi connectivity index (χ2v) is 5.23. The molecule has 0 saturated heterocycles. The summed E-state index contributed by atoms with van der Waals surface area (Å²) in [5.74, 6) is 1.53. The van der Waals surface area contributed by atoms with Gasteiger partial charge >= 0.3 is 0 Å². The molecule has 0 saturated carbocycles. The predicted octanol–water partition coefficient (Wildman–Crippen LogP) is 4.66. The molecule has 94 valence electrons. The Balaban J connectivity index is 2.23. The van der Waals surface area contributed by atoms with E-state index in [1.165, 1.54) is 0 Å². The summed E-state index contributed by atoms with van der Waals surface area (Å²) < 4.78 is 6.72. The van der Waals surface area contributed by atoms with Crippen molar-refractivity contribution in [1.29, 1.82) is 0 Å². The first-order valence-electron chi connectivity index (χ1n) is 5.52. The molecular weight excluding hydrogens is 314 g/mol. The Hall–Kier alpha value is -1.03. The molecule has 0 aliphatic heterocycles. The summed E-state index contributed by atoms with van der Waals surface area (Å²) in [7, 11) is 0. The van der Waals surface area contributed by atoms with E-state index in [2.05, 4.69) is 15.9 Å². The van der Waals surface area contributed by atoms with E-state index in [1.807, 2.05) is 43.3 Å². The quantitative estimate of drug-likeness (QED) is 0.890. The first-order chi connectivity index (χ1) is 8.60. The van der Waals surface area contributed by atoms with E-state index < -0.39 is 0 Å². The Kier molecular flexibility index (Phi) is 4.27. The molecule has 0 radical (unpaired) electrons. The zero-order valence-corrected chi connectivity index (χ0v) is 12.3. The minimum absolute atomic E-state index is 0.501. The molecule has 0 aromatic heterocycles. The maximum atomic E-state index is 5.97. The summed E-state index contributed by atoms with van der Waals surface area (Å²) in [5, 5.41) is 0.738. The Bertz CT molecular complexity index is 572. The van der Waals surface area contributed by atoms with Gasteiger partial charge in [-0.1, -0.05) is 33.6 Å². The summed E-state index contributed by atoms with van der Waals surface area (Å²) >= 11 is 9.44. The maximum Gasteiger partial charge on any atom is 0.128 e. The average Bonchev–Trinajstić information content (AvgIpc) is 2.34. The summed E-state index contributed by atoms with van der Waals surface area (Å²) in [6.45, 7) is 2.45. The number of hydrogen-bond acceptors (Lipinski definition) is 2. The van der Waals surface area contributed by atoms with Crippen molar-refractivity contribution in [1.82, 2.24) is 0 Å². The molecular formula is C14H13BrClNO. The van der Waals surface area contributed by atoms with Crippen LogP contribution in [0.3, 0.4) is 0 Å². The summed E-state index contributed by atoms with van der Waals surface area (Å²) in [6.07, 6.45) is 0. The molecule has 2 aromatic carbocycles. The van der Waals surface area contributed by atoms with Crippen molar-refractivity contribution in [3.8, 4) is 11.5 Å². The molecule has 0 atom stereocenters. The van der Waals surface area contributed by atoms with Crippen LogP contribution in [0, 0.1) is 6.92 Å². The lowest BCUT2D eigenvalue weighted by Gasteiger charge is -2.09. The Morgan fingerprint density at radius 3 is 2.44 bits per heavy atom. The van der Waals surface area contributed by atoms with Crippen LogP contribution in [0.2, 0.25) is 5.02 Å². The van der Waals surface area contributed by atoms with Gasteiger partial charge in [0.05, 0.1) is 0 Å². The smallest absolute Gasteiger partial charge is 0.128 e. The monoisotopic (exact) mass is 325 g/mol. The molecule has 4 heteroatoms. The topological polar surface area (TPSA) is 35.2 Å². The lowest BCUT2D eigenvalue weighted by molar-refractivity contribution is 0.481. The number of halogens is 2. The van der Waals surface area contributed by atoms with Gasteiger partial charge in [0.25, 0.3) is 0 Å². The third-order valence-corrected chi connectivity index (χ3v) is 3.77. The van der Waals surface area contributed by atoms with Crippen molar-refractivity contribution in [2.24, 2.45) is 5.73 Å². The van der Waals surface area contributed by atoms with Crippen LogP contribution in [0.1, 0.15) is 11.1 Å². The number of nitrogens with two attached hydrogens (primary N) is 1. The molecule has 2 rings (SSSR count). The van der Waals surface area contributed by atoms with Crippen molar-refractivity contribution >= 4 is 27.5 Å². The molecule has 0 aliphatic carbocycles. The van der Waals surface area contributed by atoms with Crippen molar-refractivity contribution in [3.63, 3.8) is 0 Å². The normalized spacial score (nSPS) is 10.4.